The molecule has 10 heteroatoms. The highest BCUT2D eigenvalue weighted by atomic mass is 32.2. The van der Waals surface area contributed by atoms with Crippen LogP contribution in [-0.2, 0) is 19.6 Å². The maximum Gasteiger partial charge on any atom is 0.340 e. The van der Waals surface area contributed by atoms with Crippen LogP contribution >= 0.6 is 0 Å². The van der Waals surface area contributed by atoms with Crippen molar-refractivity contribution in [1.29, 1.82) is 0 Å². The van der Waals surface area contributed by atoms with Gasteiger partial charge >= 0.3 is 5.97 Å². The molecule has 142 valence electrons. The van der Waals surface area contributed by atoms with E-state index in [1.165, 1.54) is 36.4 Å². The molecule has 9 nitrogen and oxygen atoms in total. The average Bonchev–Trinajstić information content (AvgIpc) is 2.61. The second kappa shape index (κ2) is 7.25. The smallest absolute Gasteiger partial charge is 0.340 e. The van der Waals surface area contributed by atoms with E-state index in [0.717, 1.165) is 0 Å². The Morgan fingerprint density at radius 1 is 1.33 bits per heavy atom. The molecule has 0 radical (unpaired) electrons. The molecule has 0 aromatic heterocycles. The van der Waals surface area contributed by atoms with E-state index >= 15 is 0 Å². The lowest BCUT2D eigenvalue weighted by Gasteiger charge is -2.20. The molecule has 1 aliphatic heterocycles. The lowest BCUT2D eigenvalue weighted by molar-refractivity contribution is -0.118. The number of ether oxygens (including phenoxy) is 2. The van der Waals surface area contributed by atoms with Crippen LogP contribution in [0.5, 0.6) is 5.75 Å². The minimum Gasteiger partial charge on any atom is -0.482 e. The van der Waals surface area contributed by atoms with Crippen molar-refractivity contribution in [3.8, 4) is 5.75 Å². The molecule has 2 aromatic carbocycles. The van der Waals surface area contributed by atoms with Gasteiger partial charge in [0.25, 0.3) is 15.9 Å². The predicted octanol–water partition coefficient (Wildman–Crippen LogP) is 1.23. The first-order valence-corrected chi connectivity index (χ1v) is 9.26. The maximum atomic E-state index is 12.8. The van der Waals surface area contributed by atoms with Gasteiger partial charge in [-0.25, -0.2) is 13.2 Å². The molecule has 0 unspecified atom stereocenters. The minimum atomic E-state index is -3.99. The average molecular weight is 392 g/mol. The van der Waals surface area contributed by atoms with Crippen molar-refractivity contribution in [3.05, 3.63) is 47.5 Å². The normalized spacial score (nSPS) is 13.2. The number of amides is 1. The fourth-order valence-corrected chi connectivity index (χ4v) is 3.86. The van der Waals surface area contributed by atoms with Gasteiger partial charge in [-0.15, -0.1) is 0 Å². The zero-order valence-electron chi connectivity index (χ0n) is 14.2. The number of rotatable bonds is 5. The lowest BCUT2D eigenvalue weighted by Crippen LogP contribution is -2.26. The summed E-state index contributed by atoms with van der Waals surface area (Å²) >= 11 is 0. The molecule has 3 rings (SSSR count). The summed E-state index contributed by atoms with van der Waals surface area (Å²) < 4.78 is 37.7. The summed E-state index contributed by atoms with van der Waals surface area (Å²) in [6, 6.07) is 8.50. The highest BCUT2D eigenvalue weighted by Crippen LogP contribution is 2.33. The SMILES string of the molecule is Cc1cc2c(cc1S(=O)(=O)Nc1cccc(C(=O)OCO)c1)OCC(=O)N2. The lowest BCUT2D eigenvalue weighted by atomic mass is 10.2. The molecule has 1 amide bonds. The van der Waals surface area contributed by atoms with Gasteiger partial charge in [0, 0.05) is 11.8 Å². The number of aryl methyl sites for hydroxylation is 1. The molecule has 1 aliphatic rings. The van der Waals surface area contributed by atoms with E-state index in [9.17, 15) is 18.0 Å². The third-order valence-electron chi connectivity index (χ3n) is 3.75. The first-order chi connectivity index (χ1) is 12.8. The van der Waals surface area contributed by atoms with Crippen molar-refractivity contribution in [1.82, 2.24) is 0 Å². The standard InChI is InChI=1S/C17H16N2O7S/c1-10-5-13-14(25-8-16(21)18-13)7-15(10)27(23,24)19-12-4-2-3-11(6-12)17(22)26-9-20/h2-7,19-20H,8-9H2,1H3,(H,18,21). The summed E-state index contributed by atoms with van der Waals surface area (Å²) in [4.78, 5) is 23.0. The molecular formula is C17H16N2O7S. The Hall–Kier alpha value is -3.11. The monoisotopic (exact) mass is 392 g/mol. The Bertz CT molecular complexity index is 1020. The Balaban J connectivity index is 1.91. The van der Waals surface area contributed by atoms with E-state index in [-0.39, 0.29) is 34.4 Å². The van der Waals surface area contributed by atoms with E-state index in [1.807, 2.05) is 0 Å². The van der Waals surface area contributed by atoms with Crippen LogP contribution in [0.2, 0.25) is 0 Å². The summed E-state index contributed by atoms with van der Waals surface area (Å²) in [6.45, 7) is 0.613. The van der Waals surface area contributed by atoms with Crippen molar-refractivity contribution < 1.29 is 32.6 Å². The van der Waals surface area contributed by atoms with Gasteiger partial charge in [-0.3, -0.25) is 9.52 Å². The fourth-order valence-electron chi connectivity index (χ4n) is 2.57. The third kappa shape index (κ3) is 4.01. The van der Waals surface area contributed by atoms with Crippen LogP contribution in [0.15, 0.2) is 41.3 Å². The fraction of sp³-hybridized carbons (Fsp3) is 0.176. The van der Waals surface area contributed by atoms with Crippen molar-refractivity contribution in [2.75, 3.05) is 23.4 Å². The minimum absolute atomic E-state index is 0.0271. The molecule has 0 saturated carbocycles. The van der Waals surface area contributed by atoms with E-state index in [0.29, 0.717) is 11.3 Å². The van der Waals surface area contributed by atoms with Crippen LogP contribution in [0, 0.1) is 6.92 Å². The first kappa shape index (κ1) is 18.7. The number of carbonyl (C=O) groups is 2. The Morgan fingerprint density at radius 3 is 2.85 bits per heavy atom. The number of aliphatic hydroxyl groups is 1. The number of aliphatic hydroxyl groups excluding tert-OH is 1. The summed E-state index contributed by atoms with van der Waals surface area (Å²) in [5.74, 6) is -0.851. The molecule has 1 heterocycles. The highest BCUT2D eigenvalue weighted by Gasteiger charge is 2.24. The second-order valence-corrected chi connectivity index (χ2v) is 7.35. The number of carbonyl (C=O) groups excluding carboxylic acids is 2. The van der Waals surface area contributed by atoms with Crippen molar-refractivity contribution >= 4 is 33.3 Å². The number of anilines is 2. The summed E-state index contributed by atoms with van der Waals surface area (Å²) in [5.41, 5.74) is 1.03. The molecular weight excluding hydrogens is 376 g/mol. The molecule has 0 saturated heterocycles. The largest absolute Gasteiger partial charge is 0.482 e. The maximum absolute atomic E-state index is 12.8. The van der Waals surface area contributed by atoms with Crippen LogP contribution in [0.4, 0.5) is 11.4 Å². The van der Waals surface area contributed by atoms with Gasteiger partial charge in [-0.2, -0.15) is 0 Å². The quantitative estimate of drug-likeness (QED) is 0.515. The van der Waals surface area contributed by atoms with Crippen LogP contribution in [0.1, 0.15) is 15.9 Å². The van der Waals surface area contributed by atoms with E-state index in [4.69, 9.17) is 9.84 Å². The number of nitrogens with one attached hydrogen (secondary N) is 2. The first-order valence-electron chi connectivity index (χ1n) is 7.78. The van der Waals surface area contributed by atoms with Gasteiger partial charge in [-0.1, -0.05) is 6.07 Å². The van der Waals surface area contributed by atoms with Crippen molar-refractivity contribution in [2.24, 2.45) is 0 Å². The van der Waals surface area contributed by atoms with E-state index < -0.39 is 22.8 Å². The van der Waals surface area contributed by atoms with Crippen molar-refractivity contribution in [2.45, 2.75) is 11.8 Å². The number of sulfonamides is 1. The summed E-state index contributed by atoms with van der Waals surface area (Å²) in [6.07, 6.45) is 0. The number of esters is 1. The molecule has 27 heavy (non-hydrogen) atoms. The zero-order valence-corrected chi connectivity index (χ0v) is 15.0. The molecule has 0 bridgehead atoms. The molecule has 0 atom stereocenters. The van der Waals surface area contributed by atoms with Crippen LogP contribution in [-0.4, -0.2) is 38.8 Å². The van der Waals surface area contributed by atoms with Gasteiger partial charge in [0.1, 0.15) is 5.75 Å². The summed E-state index contributed by atoms with van der Waals surface area (Å²) in [7, 11) is -3.99. The van der Waals surface area contributed by atoms with Gasteiger partial charge < -0.3 is 19.9 Å². The van der Waals surface area contributed by atoms with Gasteiger partial charge in [0.2, 0.25) is 0 Å². The Kier molecular flexibility index (Phi) is 5.02. The van der Waals surface area contributed by atoms with Crippen LogP contribution < -0.4 is 14.8 Å². The Morgan fingerprint density at radius 2 is 2.11 bits per heavy atom. The third-order valence-corrected chi connectivity index (χ3v) is 5.27. The van der Waals surface area contributed by atoms with Crippen LogP contribution in [0.25, 0.3) is 0 Å². The molecule has 0 aliphatic carbocycles. The number of hydrogen-bond acceptors (Lipinski definition) is 7. The number of hydrogen-bond donors (Lipinski definition) is 3. The van der Waals surface area contributed by atoms with E-state index in [2.05, 4.69) is 14.8 Å². The topological polar surface area (TPSA) is 131 Å². The molecule has 2 aromatic rings. The van der Waals surface area contributed by atoms with Crippen LogP contribution in [0.3, 0.4) is 0 Å². The van der Waals surface area contributed by atoms with E-state index in [1.54, 1.807) is 6.92 Å². The Labute approximate surface area is 155 Å². The number of benzene rings is 2. The summed E-state index contributed by atoms with van der Waals surface area (Å²) in [5, 5.41) is 11.3. The van der Waals surface area contributed by atoms with Gasteiger partial charge in [0.05, 0.1) is 16.1 Å². The predicted molar refractivity (Wildman–Crippen MR) is 95.1 cm³/mol. The molecule has 0 fully saturated rings. The second-order valence-electron chi connectivity index (χ2n) is 5.70. The van der Waals surface area contributed by atoms with Gasteiger partial charge in [-0.05, 0) is 36.8 Å². The molecule has 3 N–H and O–H groups in total. The zero-order chi connectivity index (χ0) is 19.6. The molecule has 0 spiro atoms. The highest BCUT2D eigenvalue weighted by molar-refractivity contribution is 7.92. The number of fused-ring (bicyclic) bond motifs is 1. The van der Waals surface area contributed by atoms with Crippen molar-refractivity contribution in [3.63, 3.8) is 0 Å². The van der Waals surface area contributed by atoms with Gasteiger partial charge in [0.15, 0.2) is 13.4 Å².